The minimum Gasteiger partial charge on any atom is -0.295 e. The fraction of sp³-hybridized carbons (Fsp3) is 0.675. The van der Waals surface area contributed by atoms with Gasteiger partial charge in [-0.3, -0.25) is 4.79 Å². The van der Waals surface area contributed by atoms with E-state index in [-0.39, 0.29) is 5.41 Å². The van der Waals surface area contributed by atoms with E-state index in [0.29, 0.717) is 35.4 Å². The van der Waals surface area contributed by atoms with E-state index in [2.05, 4.69) is 111 Å². The van der Waals surface area contributed by atoms with Gasteiger partial charge in [0.1, 0.15) is 0 Å². The molecule has 2 aliphatic rings. The Morgan fingerprint density at radius 2 is 1.41 bits per heavy atom. The Balaban J connectivity index is 1.65. The first-order valence-corrected chi connectivity index (χ1v) is 16.9. The summed E-state index contributed by atoms with van der Waals surface area (Å²) in [4.78, 5) is 12.2. The van der Waals surface area contributed by atoms with Crippen LogP contribution in [0.4, 0.5) is 0 Å². The van der Waals surface area contributed by atoms with Crippen molar-refractivity contribution in [2.75, 3.05) is 0 Å². The zero-order valence-electron chi connectivity index (χ0n) is 28.6. The molecule has 0 aromatic heterocycles. The molecule has 0 spiro atoms. The lowest BCUT2D eigenvalue weighted by Crippen LogP contribution is -2.24. The zero-order valence-corrected chi connectivity index (χ0v) is 28.6. The van der Waals surface area contributed by atoms with Crippen LogP contribution in [0.3, 0.4) is 0 Å². The summed E-state index contributed by atoms with van der Waals surface area (Å²) in [7, 11) is 0. The van der Waals surface area contributed by atoms with Gasteiger partial charge >= 0.3 is 0 Å². The lowest BCUT2D eigenvalue weighted by molar-refractivity contribution is -0.116. The van der Waals surface area contributed by atoms with Gasteiger partial charge in [-0.05, 0) is 116 Å². The second-order valence-corrected chi connectivity index (χ2v) is 15.0. The second kappa shape index (κ2) is 16.7. The van der Waals surface area contributed by atoms with E-state index in [9.17, 15) is 4.79 Å². The molecule has 0 amide bonds. The Labute approximate surface area is 255 Å². The molecule has 0 heterocycles. The van der Waals surface area contributed by atoms with Gasteiger partial charge in [0.2, 0.25) is 0 Å². The topological polar surface area (TPSA) is 17.1 Å². The Morgan fingerprint density at radius 3 is 2.12 bits per heavy atom. The lowest BCUT2D eigenvalue weighted by atomic mass is 9.72. The minimum absolute atomic E-state index is 0.0910. The van der Waals surface area contributed by atoms with Crippen LogP contribution in [0.5, 0.6) is 0 Å². The number of carbonyl (C=O) groups excluding carboxylic acids is 1. The summed E-state index contributed by atoms with van der Waals surface area (Å²) >= 11 is 0. The standard InChI is InChI=1S/C40H64O/c1-30(18-13-20-32(3)23-25-36-34(5)22-15-28-39(36,7)8)16-11-12-17-31(2)19-14-21-33(4)24-26-37-35(6)38(41)27-29-40(37,9)10/h12,14,17,21,23-26,30-33H,11,13,15-16,18-20,22,27-29H2,1-10H3/b17-12+,21-14+,25-23+,26-24+. The van der Waals surface area contributed by atoms with Crippen LogP contribution >= 0.6 is 0 Å². The molecule has 0 saturated carbocycles. The van der Waals surface area contributed by atoms with Crippen molar-refractivity contribution in [1.29, 1.82) is 0 Å². The average Bonchev–Trinajstić information content (AvgIpc) is 2.88. The summed E-state index contributed by atoms with van der Waals surface area (Å²) in [5.41, 5.74) is 5.81. The molecule has 1 heteroatoms. The van der Waals surface area contributed by atoms with E-state index in [1.165, 1.54) is 56.9 Å². The summed E-state index contributed by atoms with van der Waals surface area (Å²) < 4.78 is 0. The molecule has 2 aliphatic carbocycles. The van der Waals surface area contributed by atoms with Gasteiger partial charge in [-0.15, -0.1) is 0 Å². The third kappa shape index (κ3) is 12.1. The first kappa shape index (κ1) is 35.3. The van der Waals surface area contributed by atoms with Crippen LogP contribution in [0.25, 0.3) is 0 Å². The minimum atomic E-state index is 0.0910. The molecule has 4 unspecified atom stereocenters. The van der Waals surface area contributed by atoms with Crippen molar-refractivity contribution in [2.24, 2.45) is 34.5 Å². The van der Waals surface area contributed by atoms with Crippen LogP contribution in [0.15, 0.2) is 70.9 Å². The van der Waals surface area contributed by atoms with Crippen LogP contribution < -0.4 is 0 Å². The largest absolute Gasteiger partial charge is 0.295 e. The number of allylic oxidation sites excluding steroid dienone is 12. The van der Waals surface area contributed by atoms with Crippen LogP contribution in [0.2, 0.25) is 0 Å². The molecule has 0 fully saturated rings. The van der Waals surface area contributed by atoms with Gasteiger partial charge in [0, 0.05) is 6.42 Å². The summed E-state index contributed by atoms with van der Waals surface area (Å²) in [6, 6.07) is 0. The van der Waals surface area contributed by atoms with Gasteiger partial charge < -0.3 is 0 Å². The molecule has 2 rings (SSSR count). The summed E-state index contributed by atoms with van der Waals surface area (Å²) in [6.45, 7) is 23.0. The molecule has 0 aliphatic heterocycles. The lowest BCUT2D eigenvalue weighted by Gasteiger charge is -2.33. The third-order valence-corrected chi connectivity index (χ3v) is 9.82. The Morgan fingerprint density at radius 1 is 0.732 bits per heavy atom. The van der Waals surface area contributed by atoms with Gasteiger partial charge in [-0.25, -0.2) is 0 Å². The smallest absolute Gasteiger partial charge is 0.158 e. The van der Waals surface area contributed by atoms with E-state index in [1.54, 1.807) is 11.1 Å². The fourth-order valence-corrected chi connectivity index (χ4v) is 6.66. The quantitative estimate of drug-likeness (QED) is 0.182. The van der Waals surface area contributed by atoms with Crippen molar-refractivity contribution >= 4 is 5.78 Å². The van der Waals surface area contributed by atoms with Gasteiger partial charge in [0.05, 0.1) is 0 Å². The van der Waals surface area contributed by atoms with Gasteiger partial charge in [0.25, 0.3) is 0 Å². The highest BCUT2D eigenvalue weighted by molar-refractivity contribution is 5.97. The molecule has 1 nitrogen and oxygen atoms in total. The number of hydrogen-bond donors (Lipinski definition) is 0. The highest BCUT2D eigenvalue weighted by Gasteiger charge is 2.30. The molecule has 41 heavy (non-hydrogen) atoms. The third-order valence-electron chi connectivity index (χ3n) is 9.82. The summed E-state index contributed by atoms with van der Waals surface area (Å²) in [5.74, 6) is 2.71. The van der Waals surface area contributed by atoms with E-state index in [0.717, 1.165) is 24.3 Å². The Kier molecular flexibility index (Phi) is 14.4. The molecule has 4 atom stereocenters. The zero-order chi connectivity index (χ0) is 30.6. The first-order valence-electron chi connectivity index (χ1n) is 16.9. The van der Waals surface area contributed by atoms with Crippen molar-refractivity contribution in [1.82, 2.24) is 0 Å². The molecule has 0 aromatic carbocycles. The maximum Gasteiger partial charge on any atom is 0.158 e. The Bertz CT molecular complexity index is 1020. The molecule has 0 bridgehead atoms. The fourth-order valence-electron chi connectivity index (χ4n) is 6.66. The number of carbonyl (C=O) groups is 1. The monoisotopic (exact) mass is 560 g/mol. The van der Waals surface area contributed by atoms with Gasteiger partial charge in [-0.1, -0.05) is 122 Å². The predicted octanol–water partition coefficient (Wildman–Crippen LogP) is 12.3. The maximum absolute atomic E-state index is 12.2. The van der Waals surface area contributed by atoms with E-state index in [1.807, 2.05) is 6.92 Å². The summed E-state index contributed by atoms with van der Waals surface area (Å²) in [5, 5.41) is 0. The normalized spacial score (nSPS) is 22.9. The van der Waals surface area contributed by atoms with Crippen molar-refractivity contribution in [2.45, 2.75) is 140 Å². The predicted molar refractivity (Wildman–Crippen MR) is 182 cm³/mol. The van der Waals surface area contributed by atoms with E-state index < -0.39 is 0 Å². The number of Topliss-reactive ketones (excluding diaryl/α,β-unsaturated/α-hetero) is 1. The van der Waals surface area contributed by atoms with Crippen LogP contribution in [0, 0.1) is 34.5 Å². The molecular weight excluding hydrogens is 496 g/mol. The first-order chi connectivity index (χ1) is 19.2. The average molecular weight is 561 g/mol. The van der Waals surface area contributed by atoms with Crippen LogP contribution in [-0.4, -0.2) is 5.78 Å². The SMILES string of the molecule is CC1=C(/C=C/C(C)CCCC(C)CC/C=C/C(C)C/C=C/C(C)/C=C/C2=C(C)C(=O)CCC2(C)C)C(C)(C)CCC1. The molecule has 0 radical (unpaired) electrons. The van der Waals surface area contributed by atoms with Gasteiger partial charge in [-0.2, -0.15) is 0 Å². The number of hydrogen-bond acceptors (Lipinski definition) is 1. The summed E-state index contributed by atoms with van der Waals surface area (Å²) in [6.07, 6.45) is 31.9. The highest BCUT2D eigenvalue weighted by Crippen LogP contribution is 2.41. The van der Waals surface area contributed by atoms with Crippen molar-refractivity contribution in [3.8, 4) is 0 Å². The van der Waals surface area contributed by atoms with E-state index in [4.69, 9.17) is 0 Å². The molecule has 0 aromatic rings. The van der Waals surface area contributed by atoms with Crippen molar-refractivity contribution in [3.63, 3.8) is 0 Å². The van der Waals surface area contributed by atoms with Crippen LogP contribution in [0.1, 0.15) is 140 Å². The molecule has 0 saturated heterocycles. The van der Waals surface area contributed by atoms with Crippen molar-refractivity contribution in [3.05, 3.63) is 70.9 Å². The van der Waals surface area contributed by atoms with Crippen LogP contribution in [-0.2, 0) is 4.79 Å². The second-order valence-electron chi connectivity index (χ2n) is 15.0. The van der Waals surface area contributed by atoms with Crippen molar-refractivity contribution < 1.29 is 4.79 Å². The Hall–Kier alpha value is -1.89. The number of rotatable bonds is 15. The molecule has 0 N–H and O–H groups in total. The molecule has 230 valence electrons. The van der Waals surface area contributed by atoms with Gasteiger partial charge in [0.15, 0.2) is 5.78 Å². The number of ketones is 1. The van der Waals surface area contributed by atoms with E-state index >= 15 is 0 Å². The maximum atomic E-state index is 12.2. The highest BCUT2D eigenvalue weighted by atomic mass is 16.1. The molecular formula is C40H64O.